The maximum Gasteiger partial charge on any atom is 0.0954 e. The molecule has 0 aliphatic heterocycles. The Bertz CT molecular complexity index is 1040. The average Bonchev–Trinajstić information content (AvgIpc) is 3.36. The molecule has 27 heavy (non-hydrogen) atoms. The molecule has 0 aliphatic carbocycles. The van der Waals surface area contributed by atoms with Crippen LogP contribution in [0.4, 0.5) is 0 Å². The molecule has 0 amide bonds. The summed E-state index contributed by atoms with van der Waals surface area (Å²) >= 11 is 14.4. The largest absolute Gasteiger partial charge is 0.367 e. The summed E-state index contributed by atoms with van der Waals surface area (Å²) in [5.41, 5.74) is 4.38. The fraction of sp³-hybridized carbons (Fsp3) is 0.0952. The van der Waals surface area contributed by atoms with E-state index in [9.17, 15) is 0 Å². The highest BCUT2D eigenvalue weighted by Gasteiger charge is 2.23. The van der Waals surface area contributed by atoms with Gasteiger partial charge in [-0.2, -0.15) is 0 Å². The second kappa shape index (κ2) is 7.85. The molecule has 2 aromatic heterocycles. The number of imidazole rings is 1. The summed E-state index contributed by atoms with van der Waals surface area (Å²) in [6.07, 6.45) is 11.7. The second-order valence-corrected chi connectivity index (χ2v) is 7.85. The Hall–Kier alpha value is -2.14. The van der Waals surface area contributed by atoms with Gasteiger partial charge in [0.05, 0.1) is 12.4 Å². The Kier molecular flexibility index (Phi) is 5.30. The fourth-order valence-corrected chi connectivity index (χ4v) is 4.18. The number of rotatable bonds is 5. The van der Waals surface area contributed by atoms with Gasteiger partial charge in [-0.25, -0.2) is 4.98 Å². The predicted octanol–water partition coefficient (Wildman–Crippen LogP) is 6.54. The standard InChI is InChI=1S/C21H17Cl2N3S/c1-27-16-5-2-14(3-6-16)18-11-25-12-19(18)21(26-9-8-24-13-26)17-7-4-15(22)10-20(17)23/h2-13,21,25H,1H3. The Labute approximate surface area is 172 Å². The molecule has 0 saturated carbocycles. The topological polar surface area (TPSA) is 33.6 Å². The van der Waals surface area contributed by atoms with E-state index in [0.717, 1.165) is 22.3 Å². The van der Waals surface area contributed by atoms with Crippen LogP contribution in [-0.4, -0.2) is 20.8 Å². The summed E-state index contributed by atoms with van der Waals surface area (Å²) in [5.74, 6) is 0. The van der Waals surface area contributed by atoms with Gasteiger partial charge in [-0.1, -0.05) is 41.4 Å². The Morgan fingerprint density at radius 2 is 1.85 bits per heavy atom. The minimum atomic E-state index is -0.112. The molecule has 6 heteroatoms. The first kappa shape index (κ1) is 18.2. The maximum atomic E-state index is 6.56. The molecule has 2 aromatic carbocycles. The minimum Gasteiger partial charge on any atom is -0.367 e. The number of aromatic nitrogens is 3. The lowest BCUT2D eigenvalue weighted by atomic mass is 9.94. The van der Waals surface area contributed by atoms with Crippen molar-refractivity contribution in [1.82, 2.24) is 14.5 Å². The molecule has 0 saturated heterocycles. The highest BCUT2D eigenvalue weighted by Crippen LogP contribution is 2.38. The maximum absolute atomic E-state index is 6.56. The normalized spacial score (nSPS) is 12.3. The van der Waals surface area contributed by atoms with Crippen molar-refractivity contribution in [2.45, 2.75) is 10.9 Å². The van der Waals surface area contributed by atoms with Crippen molar-refractivity contribution in [1.29, 1.82) is 0 Å². The van der Waals surface area contributed by atoms with Crippen LogP contribution in [0.25, 0.3) is 11.1 Å². The van der Waals surface area contributed by atoms with Crippen LogP contribution in [0.15, 0.2) is 78.5 Å². The number of hydrogen-bond acceptors (Lipinski definition) is 2. The highest BCUT2D eigenvalue weighted by molar-refractivity contribution is 7.98. The smallest absolute Gasteiger partial charge is 0.0954 e. The summed E-state index contributed by atoms with van der Waals surface area (Å²) in [6, 6.07) is 14.1. The minimum absolute atomic E-state index is 0.112. The van der Waals surface area contributed by atoms with Crippen molar-refractivity contribution in [3.05, 3.63) is 94.8 Å². The lowest BCUT2D eigenvalue weighted by molar-refractivity contribution is 0.679. The van der Waals surface area contributed by atoms with Gasteiger partial charge in [0.1, 0.15) is 0 Å². The highest BCUT2D eigenvalue weighted by atomic mass is 35.5. The van der Waals surface area contributed by atoms with Crippen LogP contribution in [0.2, 0.25) is 10.0 Å². The molecule has 4 rings (SSSR count). The molecule has 0 fully saturated rings. The summed E-state index contributed by atoms with van der Waals surface area (Å²) in [5, 5.41) is 1.25. The molecule has 1 unspecified atom stereocenters. The van der Waals surface area contributed by atoms with Crippen LogP contribution >= 0.6 is 35.0 Å². The number of benzene rings is 2. The van der Waals surface area contributed by atoms with E-state index in [0.29, 0.717) is 10.0 Å². The van der Waals surface area contributed by atoms with Crippen molar-refractivity contribution in [2.24, 2.45) is 0 Å². The van der Waals surface area contributed by atoms with Gasteiger partial charge in [0.2, 0.25) is 0 Å². The molecule has 4 aromatic rings. The number of H-pyrrole nitrogens is 1. The second-order valence-electron chi connectivity index (χ2n) is 6.13. The lowest BCUT2D eigenvalue weighted by Crippen LogP contribution is -2.11. The molecule has 0 aliphatic rings. The van der Waals surface area contributed by atoms with Gasteiger partial charge in [-0.15, -0.1) is 11.8 Å². The third-order valence-electron chi connectivity index (χ3n) is 4.55. The van der Waals surface area contributed by atoms with Crippen LogP contribution in [-0.2, 0) is 0 Å². The zero-order valence-corrected chi connectivity index (χ0v) is 16.9. The summed E-state index contributed by atoms with van der Waals surface area (Å²) in [6.45, 7) is 0. The van der Waals surface area contributed by atoms with Crippen molar-refractivity contribution in [2.75, 3.05) is 6.26 Å². The SMILES string of the molecule is CSc1ccc(-c2c[nH]cc2C(c2ccc(Cl)cc2Cl)n2ccnc2)cc1. The first-order valence-corrected chi connectivity index (χ1v) is 10.4. The van der Waals surface area contributed by atoms with E-state index in [1.165, 1.54) is 4.90 Å². The molecular formula is C21H17Cl2N3S. The molecule has 1 N–H and O–H groups in total. The van der Waals surface area contributed by atoms with Gasteiger partial charge >= 0.3 is 0 Å². The van der Waals surface area contributed by atoms with Crippen LogP contribution in [0.1, 0.15) is 17.2 Å². The van der Waals surface area contributed by atoms with E-state index in [-0.39, 0.29) is 6.04 Å². The Morgan fingerprint density at radius 1 is 1.04 bits per heavy atom. The van der Waals surface area contributed by atoms with Gasteiger partial charge in [0, 0.05) is 50.9 Å². The summed E-state index contributed by atoms with van der Waals surface area (Å²) < 4.78 is 2.05. The third kappa shape index (κ3) is 3.65. The molecule has 1 atom stereocenters. The van der Waals surface area contributed by atoms with Gasteiger partial charge in [-0.05, 0) is 41.6 Å². The Balaban J connectivity index is 1.86. The number of hydrogen-bond donors (Lipinski definition) is 1. The quantitative estimate of drug-likeness (QED) is 0.376. The monoisotopic (exact) mass is 413 g/mol. The van der Waals surface area contributed by atoms with Crippen molar-refractivity contribution in [3.63, 3.8) is 0 Å². The summed E-state index contributed by atoms with van der Waals surface area (Å²) in [7, 11) is 0. The van der Waals surface area contributed by atoms with Gasteiger partial charge in [0.25, 0.3) is 0 Å². The number of halogens is 2. The van der Waals surface area contributed by atoms with Gasteiger partial charge < -0.3 is 9.55 Å². The van der Waals surface area contributed by atoms with Crippen LogP contribution in [0.3, 0.4) is 0 Å². The van der Waals surface area contributed by atoms with E-state index >= 15 is 0 Å². The van der Waals surface area contributed by atoms with Crippen LogP contribution < -0.4 is 0 Å². The van der Waals surface area contributed by atoms with E-state index < -0.39 is 0 Å². The van der Waals surface area contributed by atoms with E-state index in [1.54, 1.807) is 24.0 Å². The number of aromatic amines is 1. The average molecular weight is 414 g/mol. The molecule has 2 heterocycles. The molecular weight excluding hydrogens is 397 g/mol. The fourth-order valence-electron chi connectivity index (χ4n) is 3.26. The zero-order chi connectivity index (χ0) is 18.8. The van der Waals surface area contributed by atoms with Crippen LogP contribution in [0, 0.1) is 0 Å². The van der Waals surface area contributed by atoms with Gasteiger partial charge in [0.15, 0.2) is 0 Å². The van der Waals surface area contributed by atoms with Gasteiger partial charge in [-0.3, -0.25) is 0 Å². The molecule has 0 bridgehead atoms. The number of nitrogens with one attached hydrogen (secondary N) is 1. The Morgan fingerprint density at radius 3 is 2.52 bits per heavy atom. The predicted molar refractivity (Wildman–Crippen MR) is 114 cm³/mol. The van der Waals surface area contributed by atoms with Crippen molar-refractivity contribution >= 4 is 35.0 Å². The number of nitrogens with zero attached hydrogens (tertiary/aromatic N) is 2. The molecule has 0 spiro atoms. The molecule has 3 nitrogen and oxygen atoms in total. The molecule has 136 valence electrons. The third-order valence-corrected chi connectivity index (χ3v) is 5.86. The van der Waals surface area contributed by atoms with Crippen LogP contribution in [0.5, 0.6) is 0 Å². The summed E-state index contributed by atoms with van der Waals surface area (Å²) in [4.78, 5) is 8.73. The van der Waals surface area contributed by atoms with E-state index in [4.69, 9.17) is 23.2 Å². The first-order chi connectivity index (χ1) is 13.2. The lowest BCUT2D eigenvalue weighted by Gasteiger charge is -2.21. The number of thioether (sulfide) groups is 1. The molecule has 0 radical (unpaired) electrons. The van der Waals surface area contributed by atoms with E-state index in [2.05, 4.69) is 45.1 Å². The first-order valence-electron chi connectivity index (χ1n) is 8.41. The zero-order valence-electron chi connectivity index (χ0n) is 14.6. The van der Waals surface area contributed by atoms with E-state index in [1.807, 2.05) is 37.1 Å². The van der Waals surface area contributed by atoms with Crippen molar-refractivity contribution < 1.29 is 0 Å². The van der Waals surface area contributed by atoms with Crippen molar-refractivity contribution in [3.8, 4) is 11.1 Å².